The van der Waals surface area contributed by atoms with Crippen LogP contribution in [-0.4, -0.2) is 44.9 Å². The Kier molecular flexibility index (Phi) is 7.12. The van der Waals surface area contributed by atoms with E-state index in [-0.39, 0.29) is 23.7 Å². The van der Waals surface area contributed by atoms with E-state index in [2.05, 4.69) is 0 Å². The van der Waals surface area contributed by atoms with Gasteiger partial charge in [-0.1, -0.05) is 12.1 Å². The molecule has 142 valence electrons. The first-order chi connectivity index (χ1) is 12.4. The summed E-state index contributed by atoms with van der Waals surface area (Å²) in [6.45, 7) is 0. The molecule has 0 fully saturated rings. The van der Waals surface area contributed by atoms with Gasteiger partial charge in [-0.25, -0.2) is 0 Å². The molecule has 2 aromatic rings. The van der Waals surface area contributed by atoms with Crippen LogP contribution in [0.4, 0.5) is 0 Å². The number of ether oxygens (including phenoxy) is 1. The first kappa shape index (κ1) is 19.9. The summed E-state index contributed by atoms with van der Waals surface area (Å²) in [5.41, 5.74) is 1.75. The molecule has 0 saturated heterocycles. The van der Waals surface area contributed by atoms with Crippen molar-refractivity contribution in [3.63, 3.8) is 0 Å². The van der Waals surface area contributed by atoms with E-state index in [4.69, 9.17) is 4.74 Å². The summed E-state index contributed by atoms with van der Waals surface area (Å²) >= 11 is 0. The highest BCUT2D eigenvalue weighted by Crippen LogP contribution is 2.27. The largest absolute Gasteiger partial charge is 0.504 e. The maximum atomic E-state index is 10.1. The van der Waals surface area contributed by atoms with Crippen molar-refractivity contribution < 1.29 is 30.3 Å². The maximum absolute atomic E-state index is 10.1. The van der Waals surface area contributed by atoms with E-state index in [0.29, 0.717) is 31.4 Å². The lowest BCUT2D eigenvalue weighted by molar-refractivity contribution is 0.0714. The van der Waals surface area contributed by atoms with Crippen LogP contribution in [-0.2, 0) is 12.8 Å². The van der Waals surface area contributed by atoms with Crippen LogP contribution < -0.4 is 4.74 Å². The van der Waals surface area contributed by atoms with E-state index < -0.39 is 12.2 Å². The number of benzene rings is 2. The molecule has 0 saturated carbocycles. The third kappa shape index (κ3) is 5.82. The van der Waals surface area contributed by atoms with Crippen molar-refractivity contribution in [2.45, 2.75) is 44.3 Å². The van der Waals surface area contributed by atoms with Gasteiger partial charge in [0.25, 0.3) is 0 Å². The molecule has 0 aliphatic heterocycles. The third-order valence-electron chi connectivity index (χ3n) is 4.36. The first-order valence-corrected chi connectivity index (χ1v) is 8.62. The van der Waals surface area contributed by atoms with E-state index in [1.54, 1.807) is 24.3 Å². The van der Waals surface area contributed by atoms with Crippen molar-refractivity contribution in [3.05, 3.63) is 47.5 Å². The summed E-state index contributed by atoms with van der Waals surface area (Å²) in [7, 11) is 1.48. The second-order valence-electron chi connectivity index (χ2n) is 6.45. The Morgan fingerprint density at radius 2 is 1.31 bits per heavy atom. The van der Waals surface area contributed by atoms with E-state index in [9.17, 15) is 25.5 Å². The molecule has 5 N–H and O–H groups in total. The van der Waals surface area contributed by atoms with Gasteiger partial charge in [0.15, 0.2) is 23.0 Å². The van der Waals surface area contributed by atoms with E-state index in [0.717, 1.165) is 11.1 Å². The van der Waals surface area contributed by atoms with Gasteiger partial charge in [0.1, 0.15) is 0 Å². The highest BCUT2D eigenvalue weighted by atomic mass is 16.5. The van der Waals surface area contributed by atoms with Crippen molar-refractivity contribution in [2.24, 2.45) is 0 Å². The van der Waals surface area contributed by atoms with Crippen molar-refractivity contribution in [2.75, 3.05) is 7.11 Å². The molecule has 0 aliphatic carbocycles. The van der Waals surface area contributed by atoms with Gasteiger partial charge in [0.2, 0.25) is 0 Å². The molecule has 6 heteroatoms. The number of phenolic OH excluding ortho intramolecular Hbond substituents is 3. The lowest BCUT2D eigenvalue weighted by Crippen LogP contribution is -2.19. The minimum absolute atomic E-state index is 0.0764. The van der Waals surface area contributed by atoms with Crippen LogP contribution in [0, 0.1) is 0 Å². The summed E-state index contributed by atoms with van der Waals surface area (Å²) < 4.78 is 5.06. The Morgan fingerprint density at radius 1 is 0.769 bits per heavy atom. The number of hydrogen-bond acceptors (Lipinski definition) is 6. The van der Waals surface area contributed by atoms with Crippen LogP contribution >= 0.6 is 0 Å². The maximum Gasteiger partial charge on any atom is 0.160 e. The molecule has 0 aromatic heterocycles. The van der Waals surface area contributed by atoms with Gasteiger partial charge in [-0.3, -0.25) is 0 Å². The second-order valence-corrected chi connectivity index (χ2v) is 6.45. The predicted molar refractivity (Wildman–Crippen MR) is 97.7 cm³/mol. The molecule has 0 aliphatic rings. The first-order valence-electron chi connectivity index (χ1n) is 8.62. The van der Waals surface area contributed by atoms with Crippen LogP contribution in [0.2, 0.25) is 0 Å². The molecular formula is C20H26O6. The molecule has 2 aromatic carbocycles. The number of rotatable bonds is 9. The molecule has 6 nitrogen and oxygen atoms in total. The Bertz CT molecular complexity index is 715. The standard InChI is InChI=1S/C20H26O6/c1-26-20-11-14(5-9-18(20)24)3-7-16(22)12-15(21)6-2-13-4-8-17(23)19(25)10-13/h4-5,8-11,15-16,21-25H,2-3,6-7,12H2,1H3/t15-,16-/m0/s1. The van der Waals surface area contributed by atoms with Crippen LogP contribution in [0.1, 0.15) is 30.4 Å². The molecule has 2 rings (SSSR count). The number of hydrogen-bond donors (Lipinski definition) is 5. The van der Waals surface area contributed by atoms with Crippen LogP contribution in [0.5, 0.6) is 23.0 Å². The van der Waals surface area contributed by atoms with Crippen molar-refractivity contribution >= 4 is 0 Å². The monoisotopic (exact) mass is 362 g/mol. The van der Waals surface area contributed by atoms with Crippen LogP contribution in [0.15, 0.2) is 36.4 Å². The van der Waals surface area contributed by atoms with Crippen molar-refractivity contribution in [1.29, 1.82) is 0 Å². The fourth-order valence-electron chi connectivity index (χ4n) is 2.82. The fraction of sp³-hybridized carbons (Fsp3) is 0.400. The zero-order valence-electron chi connectivity index (χ0n) is 14.8. The van der Waals surface area contributed by atoms with Crippen molar-refractivity contribution in [3.8, 4) is 23.0 Å². The summed E-state index contributed by atoms with van der Waals surface area (Å²) in [6.07, 6.45) is 1.06. The van der Waals surface area contributed by atoms with Gasteiger partial charge in [0, 0.05) is 0 Å². The minimum atomic E-state index is -0.657. The molecule has 2 atom stereocenters. The van der Waals surface area contributed by atoms with Gasteiger partial charge in [-0.15, -0.1) is 0 Å². The second kappa shape index (κ2) is 9.31. The van der Waals surface area contributed by atoms with Gasteiger partial charge >= 0.3 is 0 Å². The van der Waals surface area contributed by atoms with Gasteiger partial charge in [0.05, 0.1) is 19.3 Å². The Labute approximate surface area is 152 Å². The topological polar surface area (TPSA) is 110 Å². The van der Waals surface area contributed by atoms with E-state index in [1.807, 2.05) is 0 Å². The predicted octanol–water partition coefficient (Wildman–Crippen LogP) is 2.49. The summed E-state index contributed by atoms with van der Waals surface area (Å²) in [6, 6.07) is 9.64. The highest BCUT2D eigenvalue weighted by molar-refractivity contribution is 5.42. The average molecular weight is 362 g/mol. The highest BCUT2D eigenvalue weighted by Gasteiger charge is 2.13. The molecule has 0 spiro atoms. The van der Waals surface area contributed by atoms with E-state index in [1.165, 1.54) is 19.2 Å². The third-order valence-corrected chi connectivity index (χ3v) is 4.36. The molecule has 0 heterocycles. The van der Waals surface area contributed by atoms with E-state index >= 15 is 0 Å². The Balaban J connectivity index is 1.76. The number of methoxy groups -OCH3 is 1. The molecule has 0 radical (unpaired) electrons. The van der Waals surface area contributed by atoms with Crippen LogP contribution in [0.25, 0.3) is 0 Å². The molecular weight excluding hydrogens is 336 g/mol. The van der Waals surface area contributed by atoms with Gasteiger partial charge in [-0.2, -0.15) is 0 Å². The zero-order chi connectivity index (χ0) is 19.1. The van der Waals surface area contributed by atoms with Gasteiger partial charge in [-0.05, 0) is 67.5 Å². The summed E-state index contributed by atoms with van der Waals surface area (Å²) in [5, 5.41) is 48.6. The quantitative estimate of drug-likeness (QED) is 0.438. The number of aliphatic hydroxyl groups excluding tert-OH is 2. The Hall–Kier alpha value is -2.44. The normalized spacial score (nSPS) is 13.3. The number of aromatic hydroxyl groups is 3. The summed E-state index contributed by atoms with van der Waals surface area (Å²) in [5.74, 6) is 0.124. The lowest BCUT2D eigenvalue weighted by Gasteiger charge is -2.16. The minimum Gasteiger partial charge on any atom is -0.504 e. The SMILES string of the molecule is COc1cc(CC[C@H](O)C[C@@H](O)CCc2ccc(O)c(O)c2)ccc1O. The Morgan fingerprint density at radius 3 is 1.85 bits per heavy atom. The van der Waals surface area contributed by atoms with Gasteiger partial charge < -0.3 is 30.3 Å². The number of aryl methyl sites for hydroxylation is 2. The lowest BCUT2D eigenvalue weighted by atomic mass is 9.99. The molecule has 0 bridgehead atoms. The number of aliphatic hydroxyl groups is 2. The zero-order valence-corrected chi connectivity index (χ0v) is 14.8. The average Bonchev–Trinajstić information content (AvgIpc) is 2.62. The molecule has 26 heavy (non-hydrogen) atoms. The fourth-order valence-corrected chi connectivity index (χ4v) is 2.82. The summed E-state index contributed by atoms with van der Waals surface area (Å²) in [4.78, 5) is 0. The van der Waals surface area contributed by atoms with Crippen LogP contribution in [0.3, 0.4) is 0 Å². The van der Waals surface area contributed by atoms with Crippen molar-refractivity contribution in [1.82, 2.24) is 0 Å². The smallest absolute Gasteiger partial charge is 0.160 e. The number of phenols is 3. The molecule has 0 amide bonds. The molecule has 0 unspecified atom stereocenters.